The van der Waals surface area contributed by atoms with Crippen molar-refractivity contribution in [2.45, 2.75) is 18.2 Å². The standard InChI is InChI=1S/C18H25N3O3S2/c1-3-19-18(20-11-10-16-5-4-14-25-16)21-12-13-24-15-6-8-17(9-7-15)26(2,22)23/h4-9,14H,3,10-13H2,1-2H3,(H2,19,20,21). The lowest BCUT2D eigenvalue weighted by atomic mass is 10.3. The third-order valence-electron chi connectivity index (χ3n) is 3.47. The van der Waals surface area contributed by atoms with Gasteiger partial charge in [-0.05, 0) is 42.6 Å². The summed E-state index contributed by atoms with van der Waals surface area (Å²) >= 11 is 1.74. The summed E-state index contributed by atoms with van der Waals surface area (Å²) in [5.74, 6) is 1.40. The minimum atomic E-state index is -3.18. The number of aliphatic imine (C=N–C) groups is 1. The van der Waals surface area contributed by atoms with Gasteiger partial charge >= 0.3 is 0 Å². The second kappa shape index (κ2) is 10.2. The van der Waals surface area contributed by atoms with E-state index in [9.17, 15) is 8.42 Å². The Morgan fingerprint density at radius 2 is 1.96 bits per heavy atom. The first-order chi connectivity index (χ1) is 12.5. The first kappa shape index (κ1) is 20.3. The Hall–Kier alpha value is -2.06. The van der Waals surface area contributed by atoms with E-state index in [4.69, 9.17) is 4.74 Å². The van der Waals surface area contributed by atoms with Gasteiger partial charge in [-0.2, -0.15) is 0 Å². The molecule has 6 nitrogen and oxygen atoms in total. The van der Waals surface area contributed by atoms with Crippen LogP contribution in [0.25, 0.3) is 0 Å². The van der Waals surface area contributed by atoms with Gasteiger partial charge in [-0.15, -0.1) is 11.3 Å². The van der Waals surface area contributed by atoms with Crippen molar-refractivity contribution in [1.29, 1.82) is 0 Å². The number of hydrogen-bond donors (Lipinski definition) is 2. The summed E-state index contributed by atoms with van der Waals surface area (Å²) in [4.78, 5) is 6.16. The number of sulfone groups is 1. The predicted molar refractivity (Wildman–Crippen MR) is 107 cm³/mol. The number of nitrogens with one attached hydrogen (secondary N) is 2. The van der Waals surface area contributed by atoms with Crippen LogP contribution < -0.4 is 15.4 Å². The van der Waals surface area contributed by atoms with Crippen molar-refractivity contribution in [1.82, 2.24) is 10.6 Å². The summed E-state index contributed by atoms with van der Waals surface area (Å²) in [5, 5.41) is 8.51. The molecule has 0 unspecified atom stereocenters. The van der Waals surface area contributed by atoms with Crippen LogP contribution in [0.3, 0.4) is 0 Å². The molecule has 26 heavy (non-hydrogen) atoms. The van der Waals surface area contributed by atoms with Crippen molar-refractivity contribution < 1.29 is 13.2 Å². The fourth-order valence-electron chi connectivity index (χ4n) is 2.20. The zero-order chi connectivity index (χ0) is 18.8. The predicted octanol–water partition coefficient (Wildman–Crippen LogP) is 2.33. The fraction of sp³-hybridized carbons (Fsp3) is 0.389. The van der Waals surface area contributed by atoms with Gasteiger partial charge in [0.05, 0.1) is 11.4 Å². The summed E-state index contributed by atoms with van der Waals surface area (Å²) in [7, 11) is -3.18. The molecule has 2 N–H and O–H groups in total. The third-order valence-corrected chi connectivity index (χ3v) is 5.53. The van der Waals surface area contributed by atoms with Crippen molar-refractivity contribution in [3.63, 3.8) is 0 Å². The molecule has 1 aromatic carbocycles. The van der Waals surface area contributed by atoms with Gasteiger partial charge in [0.25, 0.3) is 0 Å². The summed E-state index contributed by atoms with van der Waals surface area (Å²) in [6.07, 6.45) is 2.12. The summed E-state index contributed by atoms with van der Waals surface area (Å²) in [5.41, 5.74) is 0. The number of hydrogen-bond acceptors (Lipinski definition) is 5. The van der Waals surface area contributed by atoms with E-state index < -0.39 is 9.84 Å². The summed E-state index contributed by atoms with van der Waals surface area (Å²) in [6.45, 7) is 4.59. The average molecular weight is 396 g/mol. The van der Waals surface area contributed by atoms with Gasteiger partial charge in [-0.1, -0.05) is 6.07 Å². The van der Waals surface area contributed by atoms with Gasteiger partial charge < -0.3 is 15.4 Å². The second-order valence-electron chi connectivity index (χ2n) is 5.61. The van der Waals surface area contributed by atoms with E-state index in [2.05, 4.69) is 27.1 Å². The monoisotopic (exact) mass is 395 g/mol. The maximum atomic E-state index is 11.4. The van der Waals surface area contributed by atoms with E-state index in [0.29, 0.717) is 18.9 Å². The van der Waals surface area contributed by atoms with Gasteiger partial charge in [0.15, 0.2) is 15.8 Å². The average Bonchev–Trinajstić information content (AvgIpc) is 3.11. The molecule has 0 spiro atoms. The molecule has 0 bridgehead atoms. The number of rotatable bonds is 9. The summed E-state index contributed by atoms with van der Waals surface area (Å²) in [6, 6.07) is 10.6. The minimum Gasteiger partial charge on any atom is -0.492 e. The molecule has 2 rings (SSSR count). The van der Waals surface area contributed by atoms with Crippen LogP contribution in [-0.4, -0.2) is 46.9 Å². The number of guanidine groups is 1. The minimum absolute atomic E-state index is 0.287. The number of thiophene rings is 1. The van der Waals surface area contributed by atoms with Crippen LogP contribution in [0, 0.1) is 0 Å². The molecule has 1 heterocycles. The van der Waals surface area contributed by atoms with Gasteiger partial charge in [-0.25, -0.2) is 8.42 Å². The maximum Gasteiger partial charge on any atom is 0.191 e. The number of benzene rings is 1. The zero-order valence-electron chi connectivity index (χ0n) is 15.1. The van der Waals surface area contributed by atoms with Crippen LogP contribution >= 0.6 is 11.3 Å². The molecule has 0 aliphatic carbocycles. The first-order valence-electron chi connectivity index (χ1n) is 8.46. The highest BCUT2D eigenvalue weighted by molar-refractivity contribution is 7.90. The summed E-state index contributed by atoms with van der Waals surface area (Å²) < 4.78 is 28.5. The van der Waals surface area contributed by atoms with Gasteiger partial charge in [0, 0.05) is 30.6 Å². The molecule has 0 radical (unpaired) electrons. The Bertz CT molecular complexity index is 786. The molecule has 1 aromatic heterocycles. The van der Waals surface area contributed by atoms with Crippen LogP contribution in [0.2, 0.25) is 0 Å². The van der Waals surface area contributed by atoms with E-state index in [-0.39, 0.29) is 4.90 Å². The third kappa shape index (κ3) is 7.05. The fourth-order valence-corrected chi connectivity index (χ4v) is 3.52. The maximum absolute atomic E-state index is 11.4. The van der Waals surface area contributed by atoms with Crippen LogP contribution in [0.1, 0.15) is 11.8 Å². The zero-order valence-corrected chi connectivity index (χ0v) is 16.7. The Kier molecular flexibility index (Phi) is 7.93. The molecule has 142 valence electrons. The van der Waals surface area contributed by atoms with Crippen LogP contribution in [0.4, 0.5) is 0 Å². The van der Waals surface area contributed by atoms with E-state index in [1.165, 1.54) is 11.1 Å². The number of nitrogens with zero attached hydrogens (tertiary/aromatic N) is 1. The molecule has 0 aliphatic rings. The van der Waals surface area contributed by atoms with Crippen LogP contribution in [0.5, 0.6) is 5.75 Å². The Balaban J connectivity index is 1.74. The van der Waals surface area contributed by atoms with Crippen molar-refractivity contribution in [3.05, 3.63) is 46.7 Å². The van der Waals surface area contributed by atoms with E-state index in [0.717, 1.165) is 25.5 Å². The smallest absolute Gasteiger partial charge is 0.191 e. The number of ether oxygens (including phenoxy) is 1. The van der Waals surface area contributed by atoms with Crippen molar-refractivity contribution >= 4 is 27.1 Å². The second-order valence-corrected chi connectivity index (χ2v) is 8.66. The molecule has 0 fully saturated rings. The van der Waals surface area contributed by atoms with E-state index >= 15 is 0 Å². The van der Waals surface area contributed by atoms with Gasteiger partial charge in [0.1, 0.15) is 12.4 Å². The molecule has 0 saturated carbocycles. The highest BCUT2D eigenvalue weighted by Gasteiger charge is 2.06. The first-order valence-corrected chi connectivity index (χ1v) is 11.2. The van der Waals surface area contributed by atoms with E-state index in [1.54, 1.807) is 35.6 Å². The van der Waals surface area contributed by atoms with Crippen LogP contribution in [0.15, 0.2) is 51.7 Å². The van der Waals surface area contributed by atoms with Gasteiger partial charge in [0.2, 0.25) is 0 Å². The van der Waals surface area contributed by atoms with Gasteiger partial charge in [-0.3, -0.25) is 4.99 Å². The van der Waals surface area contributed by atoms with Crippen molar-refractivity contribution in [2.75, 3.05) is 32.5 Å². The lowest BCUT2D eigenvalue weighted by Crippen LogP contribution is -2.39. The molecular weight excluding hydrogens is 370 g/mol. The SMILES string of the molecule is CCNC(=NCCc1cccs1)NCCOc1ccc(S(C)(=O)=O)cc1. The molecule has 0 aliphatic heterocycles. The van der Waals surface area contributed by atoms with Crippen LogP contribution in [-0.2, 0) is 16.3 Å². The molecule has 8 heteroatoms. The molecule has 2 aromatic rings. The quantitative estimate of drug-likeness (QED) is 0.387. The Labute approximate surface area is 159 Å². The molecule has 0 amide bonds. The molecule has 0 saturated heterocycles. The Morgan fingerprint density at radius 1 is 1.19 bits per heavy atom. The lowest BCUT2D eigenvalue weighted by Gasteiger charge is -2.12. The highest BCUT2D eigenvalue weighted by atomic mass is 32.2. The van der Waals surface area contributed by atoms with Crippen molar-refractivity contribution in [2.24, 2.45) is 4.99 Å². The largest absolute Gasteiger partial charge is 0.492 e. The lowest BCUT2D eigenvalue weighted by molar-refractivity contribution is 0.321. The topological polar surface area (TPSA) is 79.8 Å². The highest BCUT2D eigenvalue weighted by Crippen LogP contribution is 2.15. The van der Waals surface area contributed by atoms with Crippen molar-refractivity contribution in [3.8, 4) is 5.75 Å². The molecule has 0 atom stereocenters. The Morgan fingerprint density at radius 3 is 2.58 bits per heavy atom. The molecular formula is C18H25N3O3S2. The normalized spacial score (nSPS) is 12.0. The van der Waals surface area contributed by atoms with E-state index in [1.807, 2.05) is 13.0 Å².